The normalized spacial score (nSPS) is 23.4. The molecule has 20 heavy (non-hydrogen) atoms. The first kappa shape index (κ1) is 13.9. The molecule has 1 aromatic carbocycles. The van der Waals surface area contributed by atoms with Crippen molar-refractivity contribution in [2.75, 3.05) is 31.1 Å². The third-order valence-corrected chi connectivity index (χ3v) is 4.90. The van der Waals surface area contributed by atoms with Gasteiger partial charge in [-0.15, -0.1) is 0 Å². The highest BCUT2D eigenvalue weighted by Crippen LogP contribution is 2.29. The van der Waals surface area contributed by atoms with Crippen molar-refractivity contribution in [3.8, 4) is 0 Å². The van der Waals surface area contributed by atoms with Gasteiger partial charge in [0.25, 0.3) is 0 Å². The van der Waals surface area contributed by atoms with Crippen LogP contribution in [-0.4, -0.2) is 43.0 Å². The number of rotatable bonds is 3. The van der Waals surface area contributed by atoms with Gasteiger partial charge >= 0.3 is 0 Å². The third kappa shape index (κ3) is 2.69. The average molecular weight is 337 g/mol. The number of halogens is 1. The van der Waals surface area contributed by atoms with E-state index in [1.807, 2.05) is 12.1 Å². The summed E-state index contributed by atoms with van der Waals surface area (Å²) in [6.45, 7) is 4.61. The van der Waals surface area contributed by atoms with Gasteiger partial charge in [0.1, 0.15) is 5.84 Å². The summed E-state index contributed by atoms with van der Waals surface area (Å²) in [5.74, 6) is 0.144. The fraction of sp³-hybridized carbons (Fsp3) is 0.533. The fourth-order valence-electron chi connectivity index (χ4n) is 3.37. The smallest absolute Gasteiger partial charge is 0.124 e. The van der Waals surface area contributed by atoms with Crippen molar-refractivity contribution in [2.45, 2.75) is 25.3 Å². The van der Waals surface area contributed by atoms with E-state index >= 15 is 0 Å². The van der Waals surface area contributed by atoms with Gasteiger partial charge in [-0.3, -0.25) is 10.3 Å². The lowest BCUT2D eigenvalue weighted by Gasteiger charge is -2.25. The number of likely N-dealkylation sites (tertiary alicyclic amines) is 1. The van der Waals surface area contributed by atoms with Crippen LogP contribution in [0, 0.1) is 5.41 Å². The Morgan fingerprint density at radius 2 is 2.00 bits per heavy atom. The number of nitrogens with zero attached hydrogens (tertiary/aromatic N) is 2. The molecule has 2 fully saturated rings. The van der Waals surface area contributed by atoms with Crippen molar-refractivity contribution in [2.24, 2.45) is 5.73 Å². The molecule has 3 rings (SSSR count). The first-order valence-electron chi connectivity index (χ1n) is 7.28. The minimum atomic E-state index is 0.144. The molecule has 108 valence electrons. The summed E-state index contributed by atoms with van der Waals surface area (Å²) in [7, 11) is 0. The van der Waals surface area contributed by atoms with Crippen molar-refractivity contribution in [3.63, 3.8) is 0 Å². The van der Waals surface area contributed by atoms with Crippen molar-refractivity contribution in [1.29, 1.82) is 5.41 Å². The minimum absolute atomic E-state index is 0.144. The van der Waals surface area contributed by atoms with E-state index in [0.717, 1.165) is 28.8 Å². The second-order valence-electron chi connectivity index (χ2n) is 5.71. The van der Waals surface area contributed by atoms with E-state index in [1.165, 1.54) is 32.4 Å². The number of amidine groups is 1. The standard InChI is InChI=1S/C15H21BrN4/c16-11-3-4-14(13(9-11)15(17)18)20-8-5-12(10-20)19-6-1-2-7-19/h3-4,9,12H,1-2,5-8,10H2,(H3,17,18). The van der Waals surface area contributed by atoms with Crippen molar-refractivity contribution in [3.05, 3.63) is 28.2 Å². The molecule has 0 aliphatic carbocycles. The summed E-state index contributed by atoms with van der Waals surface area (Å²) in [5, 5.41) is 7.77. The molecular weight excluding hydrogens is 316 g/mol. The third-order valence-electron chi connectivity index (χ3n) is 4.41. The summed E-state index contributed by atoms with van der Waals surface area (Å²) in [4.78, 5) is 5.00. The number of hydrogen-bond donors (Lipinski definition) is 2. The first-order chi connectivity index (χ1) is 9.65. The molecule has 1 unspecified atom stereocenters. The molecule has 0 saturated carbocycles. The SMILES string of the molecule is N=C(N)c1cc(Br)ccc1N1CCC(N2CCCC2)C1. The first-order valence-corrected chi connectivity index (χ1v) is 8.07. The van der Waals surface area contributed by atoms with Gasteiger partial charge in [-0.1, -0.05) is 15.9 Å². The van der Waals surface area contributed by atoms with E-state index in [9.17, 15) is 0 Å². The molecule has 3 N–H and O–H groups in total. The number of nitrogen functional groups attached to an aromatic ring is 1. The van der Waals surface area contributed by atoms with Gasteiger partial charge in [-0.25, -0.2) is 0 Å². The Labute approximate surface area is 128 Å². The zero-order valence-corrected chi connectivity index (χ0v) is 13.2. The maximum atomic E-state index is 7.77. The van der Waals surface area contributed by atoms with E-state index < -0.39 is 0 Å². The molecule has 0 aromatic heterocycles. The number of nitrogens with one attached hydrogen (secondary N) is 1. The van der Waals surface area contributed by atoms with Crippen LogP contribution >= 0.6 is 15.9 Å². The lowest BCUT2D eigenvalue weighted by Crippen LogP contribution is -2.35. The fourth-order valence-corrected chi connectivity index (χ4v) is 3.73. The maximum absolute atomic E-state index is 7.77. The molecule has 4 nitrogen and oxygen atoms in total. The van der Waals surface area contributed by atoms with Crippen molar-refractivity contribution in [1.82, 2.24) is 4.90 Å². The van der Waals surface area contributed by atoms with E-state index in [-0.39, 0.29) is 5.84 Å². The molecule has 2 aliphatic heterocycles. The minimum Gasteiger partial charge on any atom is -0.384 e. The Bertz CT molecular complexity index is 511. The quantitative estimate of drug-likeness (QED) is 0.658. The Morgan fingerprint density at radius 3 is 2.70 bits per heavy atom. The highest BCUT2D eigenvalue weighted by molar-refractivity contribution is 9.10. The monoisotopic (exact) mass is 336 g/mol. The molecule has 0 bridgehead atoms. The van der Waals surface area contributed by atoms with Gasteiger partial charge in [0.15, 0.2) is 0 Å². The molecule has 5 heteroatoms. The Balaban J connectivity index is 1.78. The van der Waals surface area contributed by atoms with Crippen LogP contribution in [0.5, 0.6) is 0 Å². The Hall–Kier alpha value is -1.07. The lowest BCUT2D eigenvalue weighted by atomic mass is 10.1. The molecule has 2 saturated heterocycles. The summed E-state index contributed by atoms with van der Waals surface area (Å²) in [6, 6.07) is 6.72. The van der Waals surface area contributed by atoms with Crippen molar-refractivity contribution >= 4 is 27.5 Å². The zero-order valence-electron chi connectivity index (χ0n) is 11.6. The molecule has 1 atom stereocenters. The number of hydrogen-bond acceptors (Lipinski definition) is 3. The molecule has 2 heterocycles. The van der Waals surface area contributed by atoms with Gasteiger partial charge < -0.3 is 10.6 Å². The van der Waals surface area contributed by atoms with E-state index in [0.29, 0.717) is 6.04 Å². The van der Waals surface area contributed by atoms with Gasteiger partial charge in [-0.05, 0) is 50.6 Å². The van der Waals surface area contributed by atoms with Gasteiger partial charge in [0.05, 0.1) is 0 Å². The average Bonchev–Trinajstić information content (AvgIpc) is 3.09. The molecular formula is C15H21BrN4. The zero-order chi connectivity index (χ0) is 14.1. The maximum Gasteiger partial charge on any atom is 0.124 e. The number of benzene rings is 1. The molecule has 0 spiro atoms. The van der Waals surface area contributed by atoms with Crippen LogP contribution in [-0.2, 0) is 0 Å². The summed E-state index contributed by atoms with van der Waals surface area (Å²) >= 11 is 3.46. The van der Waals surface area contributed by atoms with Crippen LogP contribution in [0.3, 0.4) is 0 Å². The van der Waals surface area contributed by atoms with Crippen LogP contribution in [0.1, 0.15) is 24.8 Å². The summed E-state index contributed by atoms with van der Waals surface area (Å²) in [6.07, 6.45) is 3.90. The van der Waals surface area contributed by atoms with Crippen LogP contribution in [0.25, 0.3) is 0 Å². The molecule has 0 radical (unpaired) electrons. The largest absolute Gasteiger partial charge is 0.384 e. The van der Waals surface area contributed by atoms with Gasteiger partial charge in [-0.2, -0.15) is 0 Å². The highest BCUT2D eigenvalue weighted by atomic mass is 79.9. The van der Waals surface area contributed by atoms with E-state index in [2.05, 4.69) is 31.8 Å². The molecule has 2 aliphatic rings. The second-order valence-corrected chi connectivity index (χ2v) is 6.62. The summed E-state index contributed by atoms with van der Waals surface area (Å²) < 4.78 is 0.974. The predicted molar refractivity (Wildman–Crippen MR) is 86.6 cm³/mol. The van der Waals surface area contributed by atoms with Crippen LogP contribution in [0.2, 0.25) is 0 Å². The van der Waals surface area contributed by atoms with Gasteiger partial charge in [0.2, 0.25) is 0 Å². The molecule has 0 amide bonds. The van der Waals surface area contributed by atoms with Crippen molar-refractivity contribution < 1.29 is 0 Å². The topological polar surface area (TPSA) is 56.4 Å². The second kappa shape index (κ2) is 5.74. The number of anilines is 1. The molecule has 1 aromatic rings. The lowest BCUT2D eigenvalue weighted by molar-refractivity contribution is 0.260. The van der Waals surface area contributed by atoms with Crippen LogP contribution < -0.4 is 10.6 Å². The van der Waals surface area contributed by atoms with Crippen LogP contribution in [0.15, 0.2) is 22.7 Å². The van der Waals surface area contributed by atoms with Crippen LogP contribution in [0.4, 0.5) is 5.69 Å². The Morgan fingerprint density at radius 1 is 1.25 bits per heavy atom. The van der Waals surface area contributed by atoms with E-state index in [1.54, 1.807) is 0 Å². The van der Waals surface area contributed by atoms with Gasteiger partial charge in [0, 0.05) is 34.9 Å². The van der Waals surface area contributed by atoms with E-state index in [4.69, 9.17) is 11.1 Å². The highest BCUT2D eigenvalue weighted by Gasteiger charge is 2.30. The predicted octanol–water partition coefficient (Wildman–Crippen LogP) is 2.41. The number of nitrogens with two attached hydrogens (primary N) is 1. The Kier molecular flexibility index (Phi) is 3.98. The summed E-state index contributed by atoms with van der Waals surface area (Å²) in [5.41, 5.74) is 7.67.